The van der Waals surface area contributed by atoms with Gasteiger partial charge in [-0.05, 0) is 43.5 Å². The van der Waals surface area contributed by atoms with Crippen LogP contribution in [0.1, 0.15) is 27.9 Å². The molecular formula is C22H28N4O3S2. The third kappa shape index (κ3) is 6.18. The average molecular weight is 461 g/mol. The number of nitrogens with one attached hydrogen (secondary N) is 1. The Morgan fingerprint density at radius 1 is 1.13 bits per heavy atom. The molecule has 0 spiro atoms. The summed E-state index contributed by atoms with van der Waals surface area (Å²) < 4.78 is 1.08. The number of carbonyl (C=O) groups is 3. The molecule has 31 heavy (non-hydrogen) atoms. The highest BCUT2D eigenvalue weighted by molar-refractivity contribution is 8.01. The molecule has 0 aliphatic carbocycles. The lowest BCUT2D eigenvalue weighted by Crippen LogP contribution is -2.37. The Bertz CT molecular complexity index is 945. The SMILES string of the molecule is C=CC(=O)N1CCCN(C(=O)c2cc(Sc3cnc(NC)s3)c(C)cc2C)CC1.C=O. The zero-order chi connectivity index (χ0) is 23.0. The van der Waals surface area contributed by atoms with Crippen molar-refractivity contribution in [2.45, 2.75) is 29.4 Å². The van der Waals surface area contributed by atoms with Gasteiger partial charge in [0, 0.05) is 43.7 Å². The molecule has 0 atom stereocenters. The number of aryl methyl sites for hydroxylation is 2. The van der Waals surface area contributed by atoms with E-state index in [2.05, 4.69) is 29.9 Å². The molecule has 1 aliphatic rings. The van der Waals surface area contributed by atoms with Gasteiger partial charge in [-0.25, -0.2) is 4.98 Å². The van der Waals surface area contributed by atoms with Crippen LogP contribution in [0.5, 0.6) is 0 Å². The topological polar surface area (TPSA) is 82.6 Å². The number of carbonyl (C=O) groups excluding carboxylic acids is 3. The van der Waals surface area contributed by atoms with Crippen molar-refractivity contribution in [1.29, 1.82) is 0 Å². The second-order valence-electron chi connectivity index (χ2n) is 6.94. The standard InChI is InChI=1S/C21H26N4O2S2.CH2O/c1-5-18(26)24-7-6-8-25(10-9-24)20(27)16-12-17(15(3)11-14(16)2)28-19-13-23-21(22-4)29-19;1-2/h5,11-13H,1,6-10H2,2-4H3,(H,22,23);1H2. The minimum Gasteiger partial charge on any atom is -0.365 e. The van der Waals surface area contributed by atoms with Crippen molar-refractivity contribution >= 4 is 46.8 Å². The zero-order valence-electron chi connectivity index (χ0n) is 18.1. The number of hydrogen-bond donors (Lipinski definition) is 1. The molecule has 9 heteroatoms. The Hall–Kier alpha value is -2.65. The lowest BCUT2D eigenvalue weighted by molar-refractivity contribution is -0.125. The largest absolute Gasteiger partial charge is 0.365 e. The van der Waals surface area contributed by atoms with E-state index in [1.54, 1.807) is 28.0 Å². The van der Waals surface area contributed by atoms with Crippen molar-refractivity contribution in [2.75, 3.05) is 38.5 Å². The maximum absolute atomic E-state index is 13.3. The number of hydrogen-bond acceptors (Lipinski definition) is 7. The number of amides is 2. The maximum atomic E-state index is 13.3. The Labute approximate surface area is 191 Å². The van der Waals surface area contributed by atoms with Crippen LogP contribution >= 0.6 is 23.1 Å². The molecule has 0 saturated carbocycles. The molecule has 1 aromatic carbocycles. The Morgan fingerprint density at radius 3 is 2.45 bits per heavy atom. The van der Waals surface area contributed by atoms with Crippen molar-refractivity contribution in [3.05, 3.63) is 47.7 Å². The normalized spacial score (nSPS) is 13.6. The van der Waals surface area contributed by atoms with Crippen molar-refractivity contribution in [1.82, 2.24) is 14.8 Å². The van der Waals surface area contributed by atoms with E-state index in [4.69, 9.17) is 4.79 Å². The van der Waals surface area contributed by atoms with Crippen molar-refractivity contribution in [3.8, 4) is 0 Å². The van der Waals surface area contributed by atoms with Gasteiger partial charge in [-0.2, -0.15) is 0 Å². The molecule has 2 amide bonds. The van der Waals surface area contributed by atoms with Crippen LogP contribution in [0.15, 0.2) is 40.1 Å². The number of rotatable bonds is 5. The molecule has 2 aromatic rings. The summed E-state index contributed by atoms with van der Waals surface area (Å²) in [5, 5.41) is 3.92. The summed E-state index contributed by atoms with van der Waals surface area (Å²) in [5.74, 6) is -0.0486. The summed E-state index contributed by atoms with van der Waals surface area (Å²) in [6.45, 7) is 12.0. The first-order chi connectivity index (χ1) is 14.9. The molecular weight excluding hydrogens is 432 g/mol. The van der Waals surface area contributed by atoms with Crippen LogP contribution in [0, 0.1) is 13.8 Å². The van der Waals surface area contributed by atoms with E-state index >= 15 is 0 Å². The van der Waals surface area contributed by atoms with Crippen LogP contribution in [0.3, 0.4) is 0 Å². The molecule has 1 aromatic heterocycles. The van der Waals surface area contributed by atoms with Gasteiger partial charge in [0.15, 0.2) is 5.13 Å². The van der Waals surface area contributed by atoms with E-state index in [0.717, 1.165) is 37.3 Å². The molecule has 2 heterocycles. The van der Waals surface area contributed by atoms with Gasteiger partial charge < -0.3 is 19.9 Å². The van der Waals surface area contributed by atoms with E-state index in [0.29, 0.717) is 26.2 Å². The number of thiazole rings is 1. The fourth-order valence-corrected chi connectivity index (χ4v) is 5.24. The summed E-state index contributed by atoms with van der Waals surface area (Å²) in [7, 11) is 1.85. The van der Waals surface area contributed by atoms with Crippen LogP contribution in [-0.2, 0) is 9.59 Å². The molecule has 1 saturated heterocycles. The van der Waals surface area contributed by atoms with E-state index in [1.807, 2.05) is 37.9 Å². The predicted octanol–water partition coefficient (Wildman–Crippen LogP) is 3.63. The van der Waals surface area contributed by atoms with E-state index in [-0.39, 0.29) is 11.8 Å². The van der Waals surface area contributed by atoms with Crippen LogP contribution in [0.25, 0.3) is 0 Å². The maximum Gasteiger partial charge on any atom is 0.254 e. The fourth-order valence-electron chi connectivity index (χ4n) is 3.34. The Kier molecular flexibility index (Phi) is 9.26. The van der Waals surface area contributed by atoms with Gasteiger partial charge in [0.2, 0.25) is 5.91 Å². The molecule has 0 bridgehead atoms. The average Bonchev–Trinajstić information content (AvgIpc) is 3.09. The van der Waals surface area contributed by atoms with Gasteiger partial charge >= 0.3 is 0 Å². The van der Waals surface area contributed by atoms with E-state index in [1.165, 1.54) is 6.08 Å². The quantitative estimate of drug-likeness (QED) is 0.686. The second kappa shape index (κ2) is 11.7. The van der Waals surface area contributed by atoms with Crippen LogP contribution < -0.4 is 5.32 Å². The van der Waals surface area contributed by atoms with Crippen LogP contribution in [-0.4, -0.2) is 66.6 Å². The van der Waals surface area contributed by atoms with E-state index in [9.17, 15) is 9.59 Å². The van der Waals surface area contributed by atoms with Crippen LogP contribution in [0.4, 0.5) is 5.13 Å². The van der Waals surface area contributed by atoms with Gasteiger partial charge in [-0.1, -0.05) is 35.7 Å². The summed E-state index contributed by atoms with van der Waals surface area (Å²) in [6.07, 6.45) is 3.96. The van der Waals surface area contributed by atoms with Crippen molar-refractivity contribution in [2.24, 2.45) is 0 Å². The third-order valence-electron chi connectivity index (χ3n) is 4.93. The smallest absolute Gasteiger partial charge is 0.254 e. The highest BCUT2D eigenvalue weighted by atomic mass is 32.2. The lowest BCUT2D eigenvalue weighted by atomic mass is 10.0. The summed E-state index contributed by atoms with van der Waals surface area (Å²) >= 11 is 3.22. The molecule has 7 nitrogen and oxygen atoms in total. The van der Waals surface area contributed by atoms with Crippen LogP contribution in [0.2, 0.25) is 0 Å². The first-order valence-electron chi connectivity index (χ1n) is 9.85. The highest BCUT2D eigenvalue weighted by Crippen LogP contribution is 2.36. The van der Waals surface area contributed by atoms with Gasteiger partial charge in [0.25, 0.3) is 5.91 Å². The number of nitrogens with zero attached hydrogens (tertiary/aromatic N) is 3. The van der Waals surface area contributed by atoms with Crippen molar-refractivity contribution < 1.29 is 14.4 Å². The Morgan fingerprint density at radius 2 is 1.81 bits per heavy atom. The van der Waals surface area contributed by atoms with Gasteiger partial charge in [0.1, 0.15) is 6.79 Å². The molecule has 3 rings (SSSR count). The van der Waals surface area contributed by atoms with Gasteiger partial charge in [0.05, 0.1) is 10.4 Å². The lowest BCUT2D eigenvalue weighted by Gasteiger charge is -2.23. The minimum absolute atomic E-state index is 0.0254. The molecule has 0 radical (unpaired) electrons. The minimum atomic E-state index is -0.0741. The fraction of sp³-hybridized carbons (Fsp3) is 0.364. The highest BCUT2D eigenvalue weighted by Gasteiger charge is 2.23. The summed E-state index contributed by atoms with van der Waals surface area (Å²) in [6, 6.07) is 4.06. The Balaban J connectivity index is 0.00000166. The van der Waals surface area contributed by atoms with Gasteiger partial charge in [-0.15, -0.1) is 0 Å². The molecule has 0 unspecified atom stereocenters. The number of anilines is 1. The third-order valence-corrected chi connectivity index (χ3v) is 7.21. The first-order valence-corrected chi connectivity index (χ1v) is 11.5. The summed E-state index contributed by atoms with van der Waals surface area (Å²) in [5.41, 5.74) is 2.84. The monoisotopic (exact) mass is 460 g/mol. The summed E-state index contributed by atoms with van der Waals surface area (Å²) in [4.78, 5) is 42.1. The zero-order valence-corrected chi connectivity index (χ0v) is 19.8. The van der Waals surface area contributed by atoms with Gasteiger partial charge in [-0.3, -0.25) is 9.59 Å². The first kappa shape index (κ1) is 24.6. The molecule has 166 valence electrons. The molecule has 1 aliphatic heterocycles. The van der Waals surface area contributed by atoms with Crippen molar-refractivity contribution in [3.63, 3.8) is 0 Å². The number of aromatic nitrogens is 1. The van der Waals surface area contributed by atoms with E-state index < -0.39 is 0 Å². The molecule has 1 N–H and O–H groups in total. The predicted molar refractivity (Wildman–Crippen MR) is 126 cm³/mol. The molecule has 1 fully saturated rings. The second-order valence-corrected chi connectivity index (χ2v) is 9.32. The number of benzene rings is 1.